The van der Waals surface area contributed by atoms with Crippen LogP contribution in [0, 0.1) is 0 Å². The summed E-state index contributed by atoms with van der Waals surface area (Å²) < 4.78 is 0. The first-order valence-corrected chi connectivity index (χ1v) is 7.71. The smallest absolute Gasteiger partial charge is 0.226 e. The van der Waals surface area contributed by atoms with E-state index in [9.17, 15) is 0 Å². The monoisotopic (exact) mass is 302 g/mol. The number of aromatic nitrogens is 2. The van der Waals surface area contributed by atoms with E-state index in [1.807, 2.05) is 36.5 Å². The molecule has 0 radical (unpaired) electrons. The Morgan fingerprint density at radius 1 is 1.19 bits per heavy atom. The van der Waals surface area contributed by atoms with E-state index in [2.05, 4.69) is 9.88 Å². The lowest BCUT2D eigenvalue weighted by Gasteiger charge is -2.35. The number of hydrogen-bond donors (Lipinski definition) is 1. The Hall–Kier alpha value is -1.65. The van der Waals surface area contributed by atoms with Crippen molar-refractivity contribution in [2.75, 3.05) is 18.0 Å². The summed E-state index contributed by atoms with van der Waals surface area (Å²) in [7, 11) is 0. The molecule has 0 spiro atoms. The van der Waals surface area contributed by atoms with Gasteiger partial charge in [0.1, 0.15) is 0 Å². The summed E-state index contributed by atoms with van der Waals surface area (Å²) in [4.78, 5) is 11.4. The summed E-state index contributed by atoms with van der Waals surface area (Å²) in [5.41, 5.74) is 7.85. The molecule has 1 aliphatic heterocycles. The third-order valence-electron chi connectivity index (χ3n) is 3.94. The van der Waals surface area contributed by atoms with Gasteiger partial charge in [-0.1, -0.05) is 23.7 Å². The Balaban J connectivity index is 1.90. The van der Waals surface area contributed by atoms with E-state index in [-0.39, 0.29) is 0 Å². The average Bonchev–Trinajstić information content (AvgIpc) is 2.55. The lowest BCUT2D eigenvalue weighted by Crippen LogP contribution is -2.45. The Kier molecular flexibility index (Phi) is 4.36. The molecule has 2 heterocycles. The molecule has 5 heteroatoms. The van der Waals surface area contributed by atoms with Crippen LogP contribution in [0.5, 0.6) is 0 Å². The van der Waals surface area contributed by atoms with Gasteiger partial charge in [0.15, 0.2) is 0 Å². The van der Waals surface area contributed by atoms with Gasteiger partial charge >= 0.3 is 0 Å². The summed E-state index contributed by atoms with van der Waals surface area (Å²) in [6.07, 6.45) is 5.33. The van der Waals surface area contributed by atoms with Gasteiger partial charge in [-0.3, -0.25) is 0 Å². The highest BCUT2D eigenvalue weighted by Gasteiger charge is 2.23. The molecule has 0 amide bonds. The summed E-state index contributed by atoms with van der Waals surface area (Å²) in [6, 6.07) is 9.98. The summed E-state index contributed by atoms with van der Waals surface area (Å²) in [5.74, 6) is 0.776. The molecule has 1 saturated heterocycles. The second-order valence-electron chi connectivity index (χ2n) is 5.33. The van der Waals surface area contributed by atoms with Crippen LogP contribution in [0.4, 0.5) is 5.95 Å². The zero-order valence-electron chi connectivity index (χ0n) is 11.9. The van der Waals surface area contributed by atoms with E-state index >= 15 is 0 Å². The molecule has 1 atom stereocenters. The molecular weight excluding hydrogens is 284 g/mol. The van der Waals surface area contributed by atoms with Crippen LogP contribution in [0.3, 0.4) is 0 Å². The predicted molar refractivity (Wildman–Crippen MR) is 86.5 cm³/mol. The molecule has 0 bridgehead atoms. The molecule has 1 fully saturated rings. The summed E-state index contributed by atoms with van der Waals surface area (Å²) >= 11 is 5.94. The molecule has 0 saturated carbocycles. The number of benzene rings is 1. The Morgan fingerprint density at radius 2 is 2.00 bits per heavy atom. The maximum Gasteiger partial charge on any atom is 0.226 e. The van der Waals surface area contributed by atoms with Crippen LogP contribution in [0.15, 0.2) is 36.5 Å². The van der Waals surface area contributed by atoms with Crippen molar-refractivity contribution in [1.82, 2.24) is 9.97 Å². The van der Waals surface area contributed by atoms with Crippen LogP contribution in [0.25, 0.3) is 11.3 Å². The molecule has 2 aromatic rings. The van der Waals surface area contributed by atoms with Gasteiger partial charge in [0, 0.05) is 35.9 Å². The van der Waals surface area contributed by atoms with Gasteiger partial charge in [0.05, 0.1) is 5.69 Å². The van der Waals surface area contributed by atoms with Crippen LogP contribution < -0.4 is 10.6 Å². The zero-order chi connectivity index (χ0) is 14.7. The zero-order valence-corrected chi connectivity index (χ0v) is 12.6. The number of halogens is 1. The molecule has 4 nitrogen and oxygen atoms in total. The van der Waals surface area contributed by atoms with E-state index in [0.29, 0.717) is 12.6 Å². The topological polar surface area (TPSA) is 55.0 Å². The van der Waals surface area contributed by atoms with E-state index in [1.54, 1.807) is 0 Å². The molecule has 1 aromatic heterocycles. The molecule has 110 valence electrons. The SMILES string of the molecule is NCC1CCCCN1c1nccc(-c2ccc(Cl)cc2)n1. The first-order chi connectivity index (χ1) is 10.3. The number of nitrogens with zero attached hydrogens (tertiary/aromatic N) is 3. The molecular formula is C16H19ClN4. The Bertz CT molecular complexity index is 599. The molecule has 1 unspecified atom stereocenters. The standard InChI is InChI=1S/C16H19ClN4/c17-13-6-4-12(5-7-13)15-8-9-19-16(20-15)21-10-2-1-3-14(21)11-18/h4-9,14H,1-3,10-11,18H2. The van der Waals surface area contributed by atoms with Gasteiger partial charge in [-0.05, 0) is 37.5 Å². The highest BCUT2D eigenvalue weighted by molar-refractivity contribution is 6.30. The molecule has 3 rings (SSSR count). The van der Waals surface area contributed by atoms with E-state index in [1.165, 1.54) is 12.8 Å². The van der Waals surface area contributed by atoms with Crippen molar-refractivity contribution in [1.29, 1.82) is 0 Å². The van der Waals surface area contributed by atoms with Crippen molar-refractivity contribution in [3.05, 3.63) is 41.6 Å². The highest BCUT2D eigenvalue weighted by Crippen LogP contribution is 2.24. The maximum absolute atomic E-state index is 5.94. The normalized spacial score (nSPS) is 18.8. The van der Waals surface area contributed by atoms with E-state index < -0.39 is 0 Å². The van der Waals surface area contributed by atoms with E-state index in [4.69, 9.17) is 22.3 Å². The number of rotatable bonds is 3. The van der Waals surface area contributed by atoms with Gasteiger partial charge < -0.3 is 10.6 Å². The quantitative estimate of drug-likeness (QED) is 0.946. The van der Waals surface area contributed by atoms with Crippen molar-refractivity contribution in [3.8, 4) is 11.3 Å². The van der Waals surface area contributed by atoms with Gasteiger partial charge in [0.25, 0.3) is 0 Å². The summed E-state index contributed by atoms with van der Waals surface area (Å²) in [5, 5.41) is 0.729. The van der Waals surface area contributed by atoms with Crippen molar-refractivity contribution < 1.29 is 0 Å². The molecule has 1 aromatic carbocycles. The average molecular weight is 303 g/mol. The van der Waals surface area contributed by atoms with Crippen molar-refractivity contribution in [2.24, 2.45) is 5.73 Å². The second-order valence-corrected chi connectivity index (χ2v) is 5.76. The molecule has 1 aliphatic rings. The minimum absolute atomic E-state index is 0.346. The van der Waals surface area contributed by atoms with Gasteiger partial charge in [-0.25, -0.2) is 9.97 Å². The number of hydrogen-bond acceptors (Lipinski definition) is 4. The third kappa shape index (κ3) is 3.17. The fraction of sp³-hybridized carbons (Fsp3) is 0.375. The number of piperidine rings is 1. The predicted octanol–water partition coefficient (Wildman–Crippen LogP) is 3.11. The largest absolute Gasteiger partial charge is 0.337 e. The van der Waals surface area contributed by atoms with Crippen LogP contribution >= 0.6 is 11.6 Å². The van der Waals surface area contributed by atoms with Crippen LogP contribution in [-0.2, 0) is 0 Å². The molecule has 0 aliphatic carbocycles. The fourth-order valence-electron chi connectivity index (χ4n) is 2.78. The molecule has 2 N–H and O–H groups in total. The van der Waals surface area contributed by atoms with Gasteiger partial charge in [-0.2, -0.15) is 0 Å². The summed E-state index contributed by atoms with van der Waals surface area (Å²) in [6.45, 7) is 1.63. The first kappa shape index (κ1) is 14.3. The lowest BCUT2D eigenvalue weighted by atomic mass is 10.0. The lowest BCUT2D eigenvalue weighted by molar-refractivity contribution is 0.458. The third-order valence-corrected chi connectivity index (χ3v) is 4.19. The fourth-order valence-corrected chi connectivity index (χ4v) is 2.90. The molecule has 21 heavy (non-hydrogen) atoms. The van der Waals surface area contributed by atoms with E-state index in [0.717, 1.165) is 35.2 Å². The second kappa shape index (κ2) is 6.41. The van der Waals surface area contributed by atoms with Crippen LogP contribution in [-0.4, -0.2) is 29.1 Å². The minimum atomic E-state index is 0.346. The van der Waals surface area contributed by atoms with Crippen molar-refractivity contribution in [2.45, 2.75) is 25.3 Å². The van der Waals surface area contributed by atoms with Crippen LogP contribution in [0.1, 0.15) is 19.3 Å². The number of anilines is 1. The van der Waals surface area contributed by atoms with Crippen molar-refractivity contribution >= 4 is 17.5 Å². The van der Waals surface area contributed by atoms with Crippen molar-refractivity contribution in [3.63, 3.8) is 0 Å². The first-order valence-electron chi connectivity index (χ1n) is 7.33. The van der Waals surface area contributed by atoms with Crippen LogP contribution in [0.2, 0.25) is 5.02 Å². The Labute approximate surface area is 130 Å². The van der Waals surface area contributed by atoms with Gasteiger partial charge in [-0.15, -0.1) is 0 Å². The highest BCUT2D eigenvalue weighted by atomic mass is 35.5. The minimum Gasteiger partial charge on any atom is -0.337 e. The number of nitrogens with two attached hydrogens (primary N) is 1. The van der Waals surface area contributed by atoms with Gasteiger partial charge in [0.2, 0.25) is 5.95 Å². The maximum atomic E-state index is 5.94. The Morgan fingerprint density at radius 3 is 2.76 bits per heavy atom.